The van der Waals surface area contributed by atoms with Crippen LogP contribution in [0.25, 0.3) is 6.08 Å². The average molecular weight is 359 g/mol. The van der Waals surface area contributed by atoms with Gasteiger partial charge in [0, 0.05) is 11.6 Å². The van der Waals surface area contributed by atoms with Crippen LogP contribution in [0.3, 0.4) is 0 Å². The number of hydrogen-bond acceptors (Lipinski definition) is 6. The molecule has 0 unspecified atom stereocenters. The summed E-state index contributed by atoms with van der Waals surface area (Å²) in [5.74, 6) is -0.912. The van der Waals surface area contributed by atoms with E-state index in [1.165, 1.54) is 6.08 Å². The van der Waals surface area contributed by atoms with Crippen molar-refractivity contribution in [3.63, 3.8) is 0 Å². The largest absolute Gasteiger partial charge is 0.479 e. The molecule has 0 heterocycles. The van der Waals surface area contributed by atoms with Crippen molar-refractivity contribution < 1.29 is 23.9 Å². The van der Waals surface area contributed by atoms with Gasteiger partial charge in [-0.3, -0.25) is 10.1 Å². The lowest BCUT2D eigenvalue weighted by Gasteiger charge is -2.20. The number of carbonyl (C=O) groups excluding carboxylic acids is 3. The Bertz CT molecular complexity index is 712. The van der Waals surface area contributed by atoms with Crippen LogP contribution in [0.2, 0.25) is 0 Å². The third-order valence-electron chi connectivity index (χ3n) is 2.68. The zero-order valence-corrected chi connectivity index (χ0v) is 14.9. The SMILES string of the molecule is CC(C)(C)NC(=O)NC(=O)COC(=O)/C=C/c1ccc(OCC#N)cc1. The molecule has 0 spiro atoms. The van der Waals surface area contributed by atoms with E-state index in [1.807, 2.05) is 6.07 Å². The van der Waals surface area contributed by atoms with E-state index in [0.29, 0.717) is 11.3 Å². The van der Waals surface area contributed by atoms with E-state index in [-0.39, 0.29) is 6.61 Å². The number of nitrogens with zero attached hydrogens (tertiary/aromatic N) is 1. The van der Waals surface area contributed by atoms with Crippen LogP contribution < -0.4 is 15.4 Å². The molecule has 3 amide bonds. The Hall–Kier alpha value is -3.34. The van der Waals surface area contributed by atoms with E-state index in [1.54, 1.807) is 45.0 Å². The second kappa shape index (κ2) is 9.84. The van der Waals surface area contributed by atoms with Gasteiger partial charge in [0.2, 0.25) is 0 Å². The number of esters is 1. The van der Waals surface area contributed by atoms with Gasteiger partial charge in [0.25, 0.3) is 5.91 Å². The molecule has 0 radical (unpaired) electrons. The first-order valence-corrected chi connectivity index (χ1v) is 7.76. The molecule has 0 saturated carbocycles. The highest BCUT2D eigenvalue weighted by atomic mass is 16.5. The van der Waals surface area contributed by atoms with Crippen LogP contribution in [0.15, 0.2) is 30.3 Å². The summed E-state index contributed by atoms with van der Waals surface area (Å²) in [6, 6.07) is 7.90. The van der Waals surface area contributed by atoms with Gasteiger partial charge >= 0.3 is 12.0 Å². The maximum atomic E-state index is 11.6. The molecule has 0 bridgehead atoms. The van der Waals surface area contributed by atoms with Crippen LogP contribution in [0.5, 0.6) is 5.75 Å². The molecule has 1 aromatic rings. The van der Waals surface area contributed by atoms with E-state index in [0.717, 1.165) is 6.08 Å². The molecular formula is C18H21N3O5. The van der Waals surface area contributed by atoms with Crippen molar-refractivity contribution in [3.8, 4) is 11.8 Å². The number of rotatable bonds is 6. The molecule has 0 saturated heterocycles. The van der Waals surface area contributed by atoms with Crippen molar-refractivity contribution in [2.75, 3.05) is 13.2 Å². The molecule has 8 nitrogen and oxygen atoms in total. The number of urea groups is 1. The Morgan fingerprint density at radius 3 is 2.42 bits per heavy atom. The fourth-order valence-corrected chi connectivity index (χ4v) is 1.67. The van der Waals surface area contributed by atoms with Gasteiger partial charge in [-0.25, -0.2) is 9.59 Å². The number of hydrogen-bond donors (Lipinski definition) is 2. The number of amides is 3. The number of benzene rings is 1. The highest BCUT2D eigenvalue weighted by molar-refractivity contribution is 5.96. The average Bonchev–Trinajstić information content (AvgIpc) is 2.55. The van der Waals surface area contributed by atoms with Gasteiger partial charge < -0.3 is 14.8 Å². The third-order valence-corrected chi connectivity index (χ3v) is 2.68. The third kappa shape index (κ3) is 9.08. The maximum Gasteiger partial charge on any atom is 0.331 e. The van der Waals surface area contributed by atoms with Crippen LogP contribution in [-0.4, -0.2) is 36.7 Å². The van der Waals surface area contributed by atoms with E-state index in [4.69, 9.17) is 14.7 Å². The number of nitriles is 1. The topological polar surface area (TPSA) is 118 Å². The van der Waals surface area contributed by atoms with E-state index in [9.17, 15) is 14.4 Å². The van der Waals surface area contributed by atoms with Crippen LogP contribution in [0.1, 0.15) is 26.3 Å². The second-order valence-electron chi connectivity index (χ2n) is 6.21. The van der Waals surface area contributed by atoms with Gasteiger partial charge in [0.1, 0.15) is 11.8 Å². The lowest BCUT2D eigenvalue weighted by molar-refractivity contribution is -0.143. The van der Waals surface area contributed by atoms with Crippen LogP contribution in [-0.2, 0) is 14.3 Å². The van der Waals surface area contributed by atoms with Crippen molar-refractivity contribution in [2.45, 2.75) is 26.3 Å². The first kappa shape index (κ1) is 20.7. The van der Waals surface area contributed by atoms with Crippen molar-refractivity contribution in [1.29, 1.82) is 5.26 Å². The van der Waals surface area contributed by atoms with E-state index >= 15 is 0 Å². The van der Waals surface area contributed by atoms with Crippen molar-refractivity contribution >= 4 is 24.0 Å². The van der Waals surface area contributed by atoms with E-state index < -0.39 is 30.1 Å². The molecule has 8 heteroatoms. The minimum absolute atomic E-state index is 0.0443. The molecule has 1 rings (SSSR count). The lowest BCUT2D eigenvalue weighted by Crippen LogP contribution is -2.49. The maximum absolute atomic E-state index is 11.6. The van der Waals surface area contributed by atoms with Gasteiger partial charge in [-0.1, -0.05) is 12.1 Å². The normalized spacial score (nSPS) is 10.7. The zero-order valence-electron chi connectivity index (χ0n) is 14.9. The highest BCUT2D eigenvalue weighted by Crippen LogP contribution is 2.13. The van der Waals surface area contributed by atoms with Crippen molar-refractivity contribution in [3.05, 3.63) is 35.9 Å². The predicted octanol–water partition coefficient (Wildman–Crippen LogP) is 1.77. The molecule has 2 N–H and O–H groups in total. The summed E-state index contributed by atoms with van der Waals surface area (Å²) in [6.07, 6.45) is 2.66. The fourth-order valence-electron chi connectivity index (χ4n) is 1.67. The van der Waals surface area contributed by atoms with Crippen LogP contribution in [0, 0.1) is 11.3 Å². The van der Waals surface area contributed by atoms with E-state index in [2.05, 4.69) is 10.6 Å². The molecule has 26 heavy (non-hydrogen) atoms. The minimum Gasteiger partial charge on any atom is -0.479 e. The molecule has 0 aliphatic heterocycles. The number of imide groups is 1. The quantitative estimate of drug-likeness (QED) is 0.590. The summed E-state index contributed by atoms with van der Waals surface area (Å²) < 4.78 is 9.86. The number of ether oxygens (including phenoxy) is 2. The Balaban J connectivity index is 2.39. The molecule has 0 aromatic heterocycles. The number of nitrogens with one attached hydrogen (secondary N) is 2. The van der Waals surface area contributed by atoms with Crippen LogP contribution >= 0.6 is 0 Å². The molecule has 0 fully saturated rings. The summed E-state index contributed by atoms with van der Waals surface area (Å²) in [5, 5.41) is 13.0. The summed E-state index contributed by atoms with van der Waals surface area (Å²) in [6.45, 7) is 4.69. The molecule has 0 aliphatic carbocycles. The van der Waals surface area contributed by atoms with Gasteiger partial charge in [0.15, 0.2) is 13.2 Å². The molecule has 0 aliphatic rings. The zero-order chi connectivity index (χ0) is 19.6. The monoisotopic (exact) mass is 359 g/mol. The lowest BCUT2D eigenvalue weighted by atomic mass is 10.1. The highest BCUT2D eigenvalue weighted by Gasteiger charge is 2.16. The Morgan fingerprint density at radius 1 is 1.19 bits per heavy atom. The van der Waals surface area contributed by atoms with Gasteiger partial charge in [-0.05, 0) is 44.5 Å². The van der Waals surface area contributed by atoms with Crippen molar-refractivity contribution in [1.82, 2.24) is 10.6 Å². The Morgan fingerprint density at radius 2 is 1.85 bits per heavy atom. The minimum atomic E-state index is -0.729. The summed E-state index contributed by atoms with van der Waals surface area (Å²) in [5.41, 5.74) is 0.221. The molecular weight excluding hydrogens is 338 g/mol. The first-order chi connectivity index (χ1) is 12.2. The number of carbonyl (C=O) groups is 3. The Labute approximate surface area is 151 Å². The first-order valence-electron chi connectivity index (χ1n) is 7.76. The second-order valence-corrected chi connectivity index (χ2v) is 6.21. The summed E-state index contributed by atoms with van der Waals surface area (Å²) in [4.78, 5) is 34.6. The molecule has 0 atom stereocenters. The Kier molecular flexibility index (Phi) is 7.83. The standard InChI is InChI=1S/C18H21N3O5/c1-18(2,3)21-17(24)20-15(22)12-26-16(23)9-6-13-4-7-14(8-5-13)25-11-10-19/h4-9H,11-12H2,1-3H3,(H2,20,21,22,24)/b9-6+. The molecule has 138 valence electrons. The van der Waals surface area contributed by atoms with Crippen molar-refractivity contribution in [2.24, 2.45) is 0 Å². The fraction of sp³-hybridized carbons (Fsp3) is 0.333. The summed E-state index contributed by atoms with van der Waals surface area (Å²) in [7, 11) is 0. The molecule has 1 aromatic carbocycles. The van der Waals surface area contributed by atoms with Gasteiger partial charge in [0.05, 0.1) is 0 Å². The predicted molar refractivity (Wildman–Crippen MR) is 94.0 cm³/mol. The van der Waals surface area contributed by atoms with Gasteiger partial charge in [-0.2, -0.15) is 5.26 Å². The summed E-state index contributed by atoms with van der Waals surface area (Å²) >= 11 is 0. The van der Waals surface area contributed by atoms with Gasteiger partial charge in [-0.15, -0.1) is 0 Å². The smallest absolute Gasteiger partial charge is 0.331 e. The van der Waals surface area contributed by atoms with Crippen LogP contribution in [0.4, 0.5) is 4.79 Å².